The van der Waals surface area contributed by atoms with Crippen LogP contribution in [0.25, 0.3) is 5.57 Å². The van der Waals surface area contributed by atoms with Crippen molar-refractivity contribution < 1.29 is 23.5 Å². The average Bonchev–Trinajstić information content (AvgIpc) is 2.60. The molecular formula is C20H17F2NO3. The van der Waals surface area contributed by atoms with Gasteiger partial charge in [-0.15, -0.1) is 0 Å². The molecule has 0 fully saturated rings. The minimum Gasteiger partial charge on any atom is -0.478 e. The molecule has 134 valence electrons. The molecule has 1 aliphatic carbocycles. The Labute approximate surface area is 149 Å². The van der Waals surface area contributed by atoms with Gasteiger partial charge in [-0.2, -0.15) is 0 Å². The number of aliphatic carboxylic acids is 1. The van der Waals surface area contributed by atoms with Crippen molar-refractivity contribution in [1.29, 1.82) is 0 Å². The predicted molar refractivity (Wildman–Crippen MR) is 93.9 cm³/mol. The minimum absolute atomic E-state index is 0.302. The zero-order valence-corrected chi connectivity index (χ0v) is 14.1. The van der Waals surface area contributed by atoms with Crippen LogP contribution in [-0.4, -0.2) is 17.0 Å². The summed E-state index contributed by atoms with van der Waals surface area (Å²) in [6.07, 6.45) is 2.22. The lowest BCUT2D eigenvalue weighted by atomic mass is 9.84. The van der Waals surface area contributed by atoms with Gasteiger partial charge in [-0.25, -0.2) is 13.6 Å². The molecule has 6 heteroatoms. The van der Waals surface area contributed by atoms with Gasteiger partial charge in [0.25, 0.3) is 5.91 Å². The van der Waals surface area contributed by atoms with Crippen LogP contribution in [0.5, 0.6) is 0 Å². The molecule has 2 aromatic rings. The number of anilines is 1. The number of fused-ring (bicyclic) bond motifs is 1. The van der Waals surface area contributed by atoms with Gasteiger partial charge < -0.3 is 10.4 Å². The summed E-state index contributed by atoms with van der Waals surface area (Å²) in [5.74, 6) is -3.68. The lowest BCUT2D eigenvalue weighted by Crippen LogP contribution is -2.16. The zero-order valence-electron chi connectivity index (χ0n) is 14.1. The number of hydrogen-bond donors (Lipinski definition) is 2. The molecule has 2 aromatic carbocycles. The molecule has 1 aliphatic rings. The Kier molecular flexibility index (Phi) is 4.84. The monoisotopic (exact) mass is 357 g/mol. The minimum atomic E-state index is -0.958. The highest BCUT2D eigenvalue weighted by atomic mass is 19.1. The number of carboxylic acid groups (broad SMARTS) is 1. The number of carbonyl (C=O) groups is 2. The Balaban J connectivity index is 1.92. The van der Waals surface area contributed by atoms with E-state index in [1.807, 2.05) is 0 Å². The van der Waals surface area contributed by atoms with Crippen LogP contribution in [0.1, 0.15) is 41.3 Å². The fraction of sp³-hybridized carbons (Fsp3) is 0.200. The third-order valence-electron chi connectivity index (χ3n) is 4.52. The zero-order chi connectivity index (χ0) is 18.8. The molecule has 0 radical (unpaired) electrons. The number of nitrogens with one attached hydrogen (secondary N) is 1. The van der Waals surface area contributed by atoms with E-state index in [1.165, 1.54) is 6.07 Å². The van der Waals surface area contributed by atoms with Crippen molar-refractivity contribution in [2.45, 2.75) is 26.2 Å². The second kappa shape index (κ2) is 7.07. The van der Waals surface area contributed by atoms with Crippen LogP contribution < -0.4 is 5.32 Å². The lowest BCUT2D eigenvalue weighted by molar-refractivity contribution is -0.132. The van der Waals surface area contributed by atoms with E-state index in [0.717, 1.165) is 41.7 Å². The van der Waals surface area contributed by atoms with Gasteiger partial charge in [-0.1, -0.05) is 12.1 Å². The summed E-state index contributed by atoms with van der Waals surface area (Å²) in [6.45, 7) is 1.57. The average molecular weight is 357 g/mol. The number of halogens is 2. The summed E-state index contributed by atoms with van der Waals surface area (Å²) in [5.41, 5.74) is 2.59. The number of rotatable bonds is 3. The first-order valence-electron chi connectivity index (χ1n) is 8.20. The van der Waals surface area contributed by atoms with Crippen LogP contribution >= 0.6 is 0 Å². The standard InChI is InChI=1S/C20H17F2NO3/c1-11(20(25)26)14-5-2-4-12-10-13(8-9-15(12)14)23-19(24)18-16(21)6-3-7-17(18)22/h3,6-10H,2,4-5H2,1H3,(H,23,24)(H,25,26)/b14-11+. The van der Waals surface area contributed by atoms with E-state index in [1.54, 1.807) is 25.1 Å². The number of hydrogen-bond acceptors (Lipinski definition) is 2. The third-order valence-corrected chi connectivity index (χ3v) is 4.52. The summed E-state index contributed by atoms with van der Waals surface area (Å²) < 4.78 is 27.5. The quantitative estimate of drug-likeness (QED) is 0.800. The van der Waals surface area contributed by atoms with Crippen LogP contribution in [-0.2, 0) is 11.2 Å². The second-order valence-electron chi connectivity index (χ2n) is 6.18. The lowest BCUT2D eigenvalue weighted by Gasteiger charge is -2.21. The molecule has 26 heavy (non-hydrogen) atoms. The number of carbonyl (C=O) groups excluding carboxylic acids is 1. The molecule has 0 aromatic heterocycles. The van der Waals surface area contributed by atoms with Crippen molar-refractivity contribution >= 4 is 23.1 Å². The molecule has 0 spiro atoms. The molecule has 0 atom stereocenters. The number of carboxylic acids is 1. The Bertz CT molecular complexity index is 914. The third kappa shape index (κ3) is 3.35. The van der Waals surface area contributed by atoms with E-state index in [9.17, 15) is 23.5 Å². The molecule has 2 N–H and O–H groups in total. The highest BCUT2D eigenvalue weighted by Gasteiger charge is 2.21. The fourth-order valence-corrected chi connectivity index (χ4v) is 3.19. The van der Waals surface area contributed by atoms with Crippen molar-refractivity contribution in [2.24, 2.45) is 0 Å². The first-order valence-corrected chi connectivity index (χ1v) is 8.20. The summed E-state index contributed by atoms with van der Waals surface area (Å²) in [7, 11) is 0. The number of allylic oxidation sites excluding steroid dienone is 1. The largest absolute Gasteiger partial charge is 0.478 e. The fourth-order valence-electron chi connectivity index (χ4n) is 3.19. The Morgan fingerprint density at radius 1 is 1.08 bits per heavy atom. The van der Waals surface area contributed by atoms with E-state index < -0.39 is 29.1 Å². The van der Waals surface area contributed by atoms with Gasteiger partial charge in [-0.3, -0.25) is 4.79 Å². The molecular weight excluding hydrogens is 340 g/mol. The molecule has 0 bridgehead atoms. The molecule has 0 saturated heterocycles. The summed E-state index contributed by atoms with van der Waals surface area (Å²) in [6, 6.07) is 8.31. The van der Waals surface area contributed by atoms with E-state index in [-0.39, 0.29) is 0 Å². The molecule has 0 saturated carbocycles. The van der Waals surface area contributed by atoms with Gasteiger partial charge >= 0.3 is 5.97 Å². The Hall–Kier alpha value is -3.02. The highest BCUT2D eigenvalue weighted by Crippen LogP contribution is 2.34. The van der Waals surface area contributed by atoms with Crippen LogP contribution in [0.3, 0.4) is 0 Å². The number of amides is 1. The Morgan fingerprint density at radius 3 is 2.42 bits per heavy atom. The van der Waals surface area contributed by atoms with Crippen LogP contribution in [0.15, 0.2) is 42.0 Å². The summed E-state index contributed by atoms with van der Waals surface area (Å²) in [5, 5.41) is 11.7. The van der Waals surface area contributed by atoms with Gasteiger partial charge in [0, 0.05) is 11.3 Å². The van der Waals surface area contributed by atoms with Gasteiger partial charge in [0.05, 0.1) is 0 Å². The van der Waals surface area contributed by atoms with Gasteiger partial charge in [-0.05, 0) is 67.2 Å². The van der Waals surface area contributed by atoms with E-state index in [0.29, 0.717) is 17.7 Å². The summed E-state index contributed by atoms with van der Waals surface area (Å²) in [4.78, 5) is 23.5. The normalized spacial score (nSPS) is 15.2. The Morgan fingerprint density at radius 2 is 1.77 bits per heavy atom. The second-order valence-corrected chi connectivity index (χ2v) is 6.18. The van der Waals surface area contributed by atoms with Gasteiger partial charge in [0.2, 0.25) is 0 Å². The van der Waals surface area contributed by atoms with Crippen molar-refractivity contribution in [2.75, 3.05) is 5.32 Å². The smallest absolute Gasteiger partial charge is 0.331 e. The number of aryl methyl sites for hydroxylation is 1. The highest BCUT2D eigenvalue weighted by molar-refractivity contribution is 6.05. The van der Waals surface area contributed by atoms with Gasteiger partial charge in [0.15, 0.2) is 0 Å². The van der Waals surface area contributed by atoms with Crippen molar-refractivity contribution in [3.05, 3.63) is 70.3 Å². The van der Waals surface area contributed by atoms with Crippen molar-refractivity contribution in [3.8, 4) is 0 Å². The molecule has 0 aliphatic heterocycles. The van der Waals surface area contributed by atoms with E-state index in [2.05, 4.69) is 5.32 Å². The van der Waals surface area contributed by atoms with Crippen LogP contribution in [0.2, 0.25) is 0 Å². The maximum absolute atomic E-state index is 13.7. The maximum Gasteiger partial charge on any atom is 0.331 e. The van der Waals surface area contributed by atoms with Crippen LogP contribution in [0, 0.1) is 11.6 Å². The van der Waals surface area contributed by atoms with Gasteiger partial charge in [0.1, 0.15) is 17.2 Å². The first kappa shape index (κ1) is 17.8. The molecule has 3 rings (SSSR count). The van der Waals surface area contributed by atoms with Crippen molar-refractivity contribution in [1.82, 2.24) is 0 Å². The molecule has 1 amide bonds. The number of benzene rings is 2. The summed E-state index contributed by atoms with van der Waals surface area (Å²) >= 11 is 0. The SMILES string of the molecule is C/C(C(=O)O)=C1/CCCc2cc(NC(=O)c3c(F)cccc3F)ccc21. The predicted octanol–water partition coefficient (Wildman–Crippen LogP) is 4.41. The molecule has 0 unspecified atom stereocenters. The van der Waals surface area contributed by atoms with E-state index in [4.69, 9.17) is 0 Å². The topological polar surface area (TPSA) is 66.4 Å². The maximum atomic E-state index is 13.7. The molecule has 4 nitrogen and oxygen atoms in total. The first-order chi connectivity index (χ1) is 12.4. The van der Waals surface area contributed by atoms with E-state index >= 15 is 0 Å². The van der Waals surface area contributed by atoms with Crippen LogP contribution in [0.4, 0.5) is 14.5 Å². The van der Waals surface area contributed by atoms with Crippen molar-refractivity contribution in [3.63, 3.8) is 0 Å². The molecule has 0 heterocycles.